The Hall–Kier alpha value is -0.160. The fraction of sp³-hybridized carbons (Fsp3) is 1.00. The number of rotatable bonds is 3. The van der Waals surface area contributed by atoms with Crippen molar-refractivity contribution in [1.82, 2.24) is 4.90 Å². The van der Waals surface area contributed by atoms with Gasteiger partial charge in [-0.05, 0) is 25.8 Å². The predicted molar refractivity (Wildman–Crippen MR) is 79.5 cm³/mol. The third-order valence-corrected chi connectivity index (χ3v) is 5.52. The first-order valence-electron chi connectivity index (χ1n) is 8.53. The van der Waals surface area contributed by atoms with Crippen molar-refractivity contribution in [3.8, 4) is 0 Å². The van der Waals surface area contributed by atoms with Crippen molar-refractivity contribution in [2.75, 3.05) is 19.8 Å². The molecule has 0 aromatic rings. The van der Waals surface area contributed by atoms with E-state index in [2.05, 4.69) is 11.8 Å². The molecule has 116 valence electrons. The van der Waals surface area contributed by atoms with Gasteiger partial charge in [-0.2, -0.15) is 0 Å². The lowest BCUT2D eigenvalue weighted by atomic mass is 9.83. The van der Waals surface area contributed by atoms with Gasteiger partial charge < -0.3 is 15.2 Å². The van der Waals surface area contributed by atoms with Crippen molar-refractivity contribution >= 4 is 0 Å². The number of hydrogen-bond donors (Lipinski definition) is 1. The Labute approximate surface area is 123 Å². The number of ether oxygens (including phenoxy) is 2. The minimum absolute atomic E-state index is 0.273. The number of nitrogens with zero attached hydrogens (tertiary/aromatic N) is 1. The fourth-order valence-corrected chi connectivity index (χ4v) is 4.45. The molecule has 2 aliphatic carbocycles. The molecule has 1 spiro atoms. The normalized spacial score (nSPS) is 35.0. The second-order valence-corrected chi connectivity index (χ2v) is 6.70. The first kappa shape index (κ1) is 14.8. The first-order valence-corrected chi connectivity index (χ1v) is 8.53. The summed E-state index contributed by atoms with van der Waals surface area (Å²) in [6, 6.07) is 1.42. The van der Waals surface area contributed by atoms with Crippen molar-refractivity contribution < 1.29 is 9.47 Å². The highest BCUT2D eigenvalue weighted by molar-refractivity contribution is 4.96. The van der Waals surface area contributed by atoms with Gasteiger partial charge in [0, 0.05) is 31.0 Å². The van der Waals surface area contributed by atoms with Crippen LogP contribution in [0.2, 0.25) is 0 Å². The van der Waals surface area contributed by atoms with Crippen molar-refractivity contribution in [2.24, 2.45) is 5.73 Å². The molecule has 0 amide bonds. The molecule has 3 fully saturated rings. The van der Waals surface area contributed by atoms with E-state index >= 15 is 0 Å². The van der Waals surface area contributed by atoms with E-state index in [-0.39, 0.29) is 11.8 Å². The minimum atomic E-state index is -0.317. The molecule has 1 heterocycles. The van der Waals surface area contributed by atoms with Gasteiger partial charge in [-0.25, -0.2) is 0 Å². The number of likely N-dealkylation sites (N-methyl/N-ethyl adjacent to an activating group) is 1. The van der Waals surface area contributed by atoms with Crippen molar-refractivity contribution in [3.05, 3.63) is 0 Å². The van der Waals surface area contributed by atoms with Gasteiger partial charge in [0.2, 0.25) is 0 Å². The van der Waals surface area contributed by atoms with Gasteiger partial charge in [0.1, 0.15) is 0 Å². The van der Waals surface area contributed by atoms with Gasteiger partial charge in [-0.3, -0.25) is 4.90 Å². The summed E-state index contributed by atoms with van der Waals surface area (Å²) in [5, 5.41) is 0. The molecule has 0 bridgehead atoms. The molecule has 0 radical (unpaired) electrons. The molecule has 1 aliphatic heterocycles. The largest absolute Gasteiger partial charge is 0.347 e. The van der Waals surface area contributed by atoms with E-state index in [0.717, 1.165) is 45.1 Å². The maximum absolute atomic E-state index is 6.46. The lowest BCUT2D eigenvalue weighted by Gasteiger charge is -2.47. The Morgan fingerprint density at radius 2 is 1.80 bits per heavy atom. The van der Waals surface area contributed by atoms with Crippen LogP contribution in [-0.2, 0) is 9.47 Å². The Balaban J connectivity index is 1.70. The summed E-state index contributed by atoms with van der Waals surface area (Å²) >= 11 is 0. The summed E-state index contributed by atoms with van der Waals surface area (Å²) in [6.45, 7) is 4.87. The number of hydrogen-bond acceptors (Lipinski definition) is 4. The van der Waals surface area contributed by atoms with Crippen molar-refractivity contribution in [2.45, 2.75) is 82.2 Å². The Morgan fingerprint density at radius 3 is 2.45 bits per heavy atom. The molecule has 20 heavy (non-hydrogen) atoms. The van der Waals surface area contributed by atoms with E-state index in [1.165, 1.54) is 32.1 Å². The zero-order chi connectivity index (χ0) is 14.0. The Bertz CT molecular complexity index is 312. The van der Waals surface area contributed by atoms with E-state index in [9.17, 15) is 0 Å². The highest BCUT2D eigenvalue weighted by Crippen LogP contribution is 2.39. The van der Waals surface area contributed by atoms with E-state index < -0.39 is 0 Å². The van der Waals surface area contributed by atoms with Gasteiger partial charge in [-0.1, -0.05) is 26.2 Å². The topological polar surface area (TPSA) is 47.7 Å². The lowest BCUT2D eigenvalue weighted by molar-refractivity contribution is -0.194. The second kappa shape index (κ2) is 6.30. The molecule has 3 rings (SSSR count). The lowest BCUT2D eigenvalue weighted by Crippen LogP contribution is -2.58. The molecule has 3 aliphatic rings. The van der Waals surface area contributed by atoms with Crippen LogP contribution >= 0.6 is 0 Å². The quantitative estimate of drug-likeness (QED) is 0.862. The molecule has 2 N–H and O–H groups in total. The Morgan fingerprint density at radius 1 is 1.10 bits per heavy atom. The van der Waals surface area contributed by atoms with E-state index in [1.54, 1.807) is 0 Å². The zero-order valence-corrected chi connectivity index (χ0v) is 12.9. The summed E-state index contributed by atoms with van der Waals surface area (Å²) in [7, 11) is 0. The molecule has 4 heteroatoms. The maximum Gasteiger partial charge on any atom is 0.170 e. The van der Waals surface area contributed by atoms with Crippen molar-refractivity contribution in [3.63, 3.8) is 0 Å². The monoisotopic (exact) mass is 282 g/mol. The standard InChI is InChI=1S/C16H30N2O2/c1-2-18(13-6-4-3-5-7-13)15-12-16(9-8-14(15)17)19-10-11-20-16/h13-15H,2-12,17H2,1H3. The third kappa shape index (κ3) is 2.89. The first-order chi connectivity index (χ1) is 9.74. The molecule has 0 aromatic carbocycles. The average Bonchev–Trinajstić information content (AvgIpc) is 2.93. The summed E-state index contributed by atoms with van der Waals surface area (Å²) in [6.07, 6.45) is 9.78. The van der Waals surface area contributed by atoms with Crippen LogP contribution in [0, 0.1) is 0 Å². The Kier molecular flexibility index (Phi) is 4.65. The van der Waals surface area contributed by atoms with E-state index in [1.807, 2.05) is 0 Å². The predicted octanol–water partition coefficient (Wildman–Crippen LogP) is 2.26. The highest BCUT2D eigenvalue weighted by Gasteiger charge is 2.46. The maximum atomic E-state index is 6.46. The van der Waals surface area contributed by atoms with Crippen LogP contribution in [0.5, 0.6) is 0 Å². The number of nitrogens with two attached hydrogens (primary N) is 1. The van der Waals surface area contributed by atoms with Gasteiger partial charge in [0.15, 0.2) is 5.79 Å². The van der Waals surface area contributed by atoms with Crippen LogP contribution in [0.3, 0.4) is 0 Å². The van der Waals surface area contributed by atoms with Gasteiger partial charge in [-0.15, -0.1) is 0 Å². The van der Waals surface area contributed by atoms with E-state index in [4.69, 9.17) is 15.2 Å². The molecular weight excluding hydrogens is 252 g/mol. The van der Waals surface area contributed by atoms with Gasteiger partial charge in [0.25, 0.3) is 0 Å². The smallest absolute Gasteiger partial charge is 0.170 e. The van der Waals surface area contributed by atoms with E-state index in [0.29, 0.717) is 6.04 Å². The van der Waals surface area contributed by atoms with Gasteiger partial charge in [0.05, 0.1) is 13.2 Å². The van der Waals surface area contributed by atoms with Crippen LogP contribution in [0.1, 0.15) is 58.3 Å². The molecular formula is C16H30N2O2. The van der Waals surface area contributed by atoms with Crippen LogP contribution in [0.25, 0.3) is 0 Å². The average molecular weight is 282 g/mol. The highest BCUT2D eigenvalue weighted by atomic mass is 16.7. The zero-order valence-electron chi connectivity index (χ0n) is 12.9. The molecule has 2 atom stereocenters. The van der Waals surface area contributed by atoms with Gasteiger partial charge >= 0.3 is 0 Å². The van der Waals surface area contributed by atoms with Crippen LogP contribution in [0.4, 0.5) is 0 Å². The molecule has 1 saturated heterocycles. The summed E-state index contributed by atoms with van der Waals surface area (Å²) in [5.74, 6) is -0.317. The van der Waals surface area contributed by atoms with Crippen LogP contribution < -0.4 is 5.73 Å². The van der Waals surface area contributed by atoms with Crippen LogP contribution in [-0.4, -0.2) is 48.6 Å². The summed E-state index contributed by atoms with van der Waals surface area (Å²) in [5.41, 5.74) is 6.46. The fourth-order valence-electron chi connectivity index (χ4n) is 4.45. The van der Waals surface area contributed by atoms with Crippen molar-refractivity contribution in [1.29, 1.82) is 0 Å². The molecule has 4 nitrogen and oxygen atoms in total. The summed E-state index contributed by atoms with van der Waals surface area (Å²) in [4.78, 5) is 2.66. The van der Waals surface area contributed by atoms with Crippen LogP contribution in [0.15, 0.2) is 0 Å². The molecule has 2 unspecified atom stereocenters. The SMILES string of the molecule is CCN(C1CCCCC1)C1CC2(CCC1N)OCCO2. The molecule has 2 saturated carbocycles. The summed E-state index contributed by atoms with van der Waals surface area (Å²) < 4.78 is 11.9. The molecule has 0 aromatic heterocycles. The third-order valence-electron chi connectivity index (χ3n) is 5.52. The second-order valence-electron chi connectivity index (χ2n) is 6.70. The minimum Gasteiger partial charge on any atom is -0.347 e.